The number of hydrogen-bond donors (Lipinski definition) is 2. The molecule has 0 fully saturated rings. The molecular formula is C20H25N3. The molecule has 0 spiro atoms. The zero-order chi connectivity index (χ0) is 16.2. The molecule has 0 heterocycles. The van der Waals surface area contributed by atoms with Crippen molar-refractivity contribution in [2.24, 2.45) is 0 Å². The third kappa shape index (κ3) is 3.24. The van der Waals surface area contributed by atoms with Gasteiger partial charge >= 0.3 is 0 Å². The van der Waals surface area contributed by atoms with Crippen LogP contribution in [0.15, 0.2) is 42.5 Å². The molecule has 1 aliphatic rings. The minimum atomic E-state index is 0.445. The van der Waals surface area contributed by atoms with Crippen molar-refractivity contribution in [2.75, 3.05) is 16.8 Å². The molecule has 0 saturated carbocycles. The van der Waals surface area contributed by atoms with Gasteiger partial charge in [-0.15, -0.1) is 0 Å². The highest BCUT2D eigenvalue weighted by Gasteiger charge is 2.20. The van der Waals surface area contributed by atoms with Crippen LogP contribution in [-0.4, -0.2) is 12.5 Å². The number of anilines is 2. The van der Waals surface area contributed by atoms with Gasteiger partial charge < -0.3 is 10.2 Å². The lowest BCUT2D eigenvalue weighted by Gasteiger charge is -2.26. The molecule has 1 aliphatic carbocycles. The van der Waals surface area contributed by atoms with E-state index in [0.717, 1.165) is 25.1 Å². The second-order valence-electron chi connectivity index (χ2n) is 6.04. The largest absolute Gasteiger partial charge is 0.326 e. The van der Waals surface area contributed by atoms with Crippen molar-refractivity contribution in [2.45, 2.75) is 39.5 Å². The molecule has 0 saturated heterocycles. The molecular weight excluding hydrogens is 282 g/mol. The van der Waals surface area contributed by atoms with Crippen LogP contribution in [-0.2, 0) is 19.3 Å². The van der Waals surface area contributed by atoms with Crippen LogP contribution in [0.4, 0.5) is 11.4 Å². The average Bonchev–Trinajstić information content (AvgIpc) is 3.05. The van der Waals surface area contributed by atoms with E-state index in [1.165, 1.54) is 35.2 Å². The van der Waals surface area contributed by atoms with E-state index in [9.17, 15) is 0 Å². The molecule has 0 aliphatic heterocycles. The maximum Gasteiger partial charge on any atom is 0.200 e. The lowest BCUT2D eigenvalue weighted by molar-refractivity contribution is 0.908. The van der Waals surface area contributed by atoms with Gasteiger partial charge in [-0.2, -0.15) is 0 Å². The van der Waals surface area contributed by atoms with Gasteiger partial charge in [0.25, 0.3) is 0 Å². The van der Waals surface area contributed by atoms with Crippen LogP contribution in [0.1, 0.15) is 37.0 Å². The second kappa shape index (κ2) is 6.86. The third-order valence-electron chi connectivity index (χ3n) is 4.60. The van der Waals surface area contributed by atoms with Crippen molar-refractivity contribution in [3.8, 4) is 0 Å². The van der Waals surface area contributed by atoms with E-state index in [0.29, 0.717) is 5.96 Å². The van der Waals surface area contributed by atoms with Crippen molar-refractivity contribution in [3.63, 3.8) is 0 Å². The van der Waals surface area contributed by atoms with E-state index in [4.69, 9.17) is 5.41 Å². The molecule has 0 bridgehead atoms. The van der Waals surface area contributed by atoms with E-state index in [1.54, 1.807) is 0 Å². The van der Waals surface area contributed by atoms with E-state index < -0.39 is 0 Å². The number of hydrogen-bond acceptors (Lipinski definition) is 1. The normalized spacial score (nSPS) is 12.8. The number of nitrogens with one attached hydrogen (secondary N) is 2. The van der Waals surface area contributed by atoms with Gasteiger partial charge in [-0.25, -0.2) is 0 Å². The van der Waals surface area contributed by atoms with Crippen LogP contribution in [0.2, 0.25) is 0 Å². The lowest BCUT2D eigenvalue weighted by Crippen LogP contribution is -2.36. The first-order chi connectivity index (χ1) is 11.2. The maximum absolute atomic E-state index is 8.53. The molecule has 3 nitrogen and oxygen atoms in total. The van der Waals surface area contributed by atoms with Crippen molar-refractivity contribution in [1.29, 1.82) is 5.41 Å². The van der Waals surface area contributed by atoms with Gasteiger partial charge in [-0.05, 0) is 67.5 Å². The molecule has 0 atom stereocenters. The standard InChI is InChI=1S/C20H25N3/c1-3-15-8-5-11-17(14-15)22-20(21)23(4-2)19-13-7-10-16-9-6-12-18(16)19/h5,7-8,10-11,13-14H,3-4,6,9,12H2,1-2H3,(H2,21,22). The first-order valence-electron chi connectivity index (χ1n) is 8.55. The topological polar surface area (TPSA) is 39.1 Å². The van der Waals surface area contributed by atoms with Crippen LogP contribution in [0.5, 0.6) is 0 Å². The molecule has 120 valence electrons. The predicted octanol–water partition coefficient (Wildman–Crippen LogP) is 4.61. The second-order valence-corrected chi connectivity index (χ2v) is 6.04. The van der Waals surface area contributed by atoms with E-state index in [2.05, 4.69) is 54.4 Å². The van der Waals surface area contributed by atoms with E-state index in [1.807, 2.05) is 12.1 Å². The van der Waals surface area contributed by atoms with Crippen LogP contribution in [0.25, 0.3) is 0 Å². The minimum Gasteiger partial charge on any atom is -0.326 e. The lowest BCUT2D eigenvalue weighted by atomic mass is 10.1. The molecule has 0 aromatic heterocycles. The summed E-state index contributed by atoms with van der Waals surface area (Å²) in [6.45, 7) is 5.04. The highest BCUT2D eigenvalue weighted by molar-refractivity contribution is 6.04. The number of nitrogens with zero attached hydrogens (tertiary/aromatic N) is 1. The van der Waals surface area contributed by atoms with Gasteiger partial charge in [-0.1, -0.05) is 31.2 Å². The fraction of sp³-hybridized carbons (Fsp3) is 0.350. The summed E-state index contributed by atoms with van der Waals surface area (Å²) in [7, 11) is 0. The summed E-state index contributed by atoms with van der Waals surface area (Å²) in [6, 6.07) is 14.8. The summed E-state index contributed by atoms with van der Waals surface area (Å²) in [6.07, 6.45) is 4.52. The molecule has 23 heavy (non-hydrogen) atoms. The molecule has 0 amide bonds. The fourth-order valence-electron chi connectivity index (χ4n) is 3.37. The summed E-state index contributed by atoms with van der Waals surface area (Å²) in [5.41, 5.74) is 6.32. The third-order valence-corrected chi connectivity index (χ3v) is 4.60. The fourth-order valence-corrected chi connectivity index (χ4v) is 3.37. The highest BCUT2D eigenvalue weighted by atomic mass is 15.3. The first kappa shape index (κ1) is 15.6. The molecule has 2 N–H and O–H groups in total. The zero-order valence-corrected chi connectivity index (χ0v) is 14.0. The number of benzene rings is 2. The van der Waals surface area contributed by atoms with Crippen molar-refractivity contribution in [1.82, 2.24) is 0 Å². The molecule has 0 radical (unpaired) electrons. The maximum atomic E-state index is 8.53. The SMILES string of the molecule is CCc1cccc(NC(=N)N(CC)c2cccc3c2CCC3)c1. The Morgan fingerprint density at radius 3 is 2.74 bits per heavy atom. The van der Waals surface area contributed by atoms with Crippen LogP contribution in [0.3, 0.4) is 0 Å². The quantitative estimate of drug-likeness (QED) is 0.639. The molecule has 0 unspecified atom stereocenters. The summed E-state index contributed by atoms with van der Waals surface area (Å²) in [5, 5.41) is 11.8. The van der Waals surface area contributed by atoms with Crippen LogP contribution < -0.4 is 10.2 Å². The van der Waals surface area contributed by atoms with Crippen LogP contribution in [0, 0.1) is 5.41 Å². The van der Waals surface area contributed by atoms with Gasteiger partial charge in [0.2, 0.25) is 0 Å². The smallest absolute Gasteiger partial charge is 0.200 e. The van der Waals surface area contributed by atoms with Crippen molar-refractivity contribution < 1.29 is 0 Å². The number of aryl methyl sites for hydroxylation is 2. The molecule has 3 heteroatoms. The Labute approximate surface area is 138 Å². The van der Waals surface area contributed by atoms with Gasteiger partial charge in [-0.3, -0.25) is 5.41 Å². The van der Waals surface area contributed by atoms with Gasteiger partial charge in [0, 0.05) is 17.9 Å². The van der Waals surface area contributed by atoms with Gasteiger partial charge in [0.15, 0.2) is 5.96 Å². The molecule has 3 rings (SSSR count). The van der Waals surface area contributed by atoms with E-state index >= 15 is 0 Å². The summed E-state index contributed by atoms with van der Waals surface area (Å²) in [4.78, 5) is 2.07. The van der Waals surface area contributed by atoms with Crippen molar-refractivity contribution >= 4 is 17.3 Å². The first-order valence-corrected chi connectivity index (χ1v) is 8.55. The Morgan fingerprint density at radius 1 is 1.13 bits per heavy atom. The monoisotopic (exact) mass is 307 g/mol. The number of fused-ring (bicyclic) bond motifs is 1. The predicted molar refractivity (Wildman–Crippen MR) is 98.7 cm³/mol. The van der Waals surface area contributed by atoms with Crippen molar-refractivity contribution in [3.05, 3.63) is 59.2 Å². The molecule has 2 aromatic rings. The zero-order valence-electron chi connectivity index (χ0n) is 14.0. The summed E-state index contributed by atoms with van der Waals surface area (Å²) < 4.78 is 0. The minimum absolute atomic E-state index is 0.445. The van der Waals surface area contributed by atoms with Crippen LogP contribution >= 0.6 is 0 Å². The average molecular weight is 307 g/mol. The van der Waals surface area contributed by atoms with E-state index in [-0.39, 0.29) is 0 Å². The van der Waals surface area contributed by atoms with Gasteiger partial charge in [0.1, 0.15) is 0 Å². The number of rotatable bonds is 4. The Bertz CT molecular complexity index is 706. The Balaban J connectivity index is 1.83. The summed E-state index contributed by atoms with van der Waals surface area (Å²) in [5.74, 6) is 0.445. The summed E-state index contributed by atoms with van der Waals surface area (Å²) >= 11 is 0. The number of guanidine groups is 1. The Kier molecular flexibility index (Phi) is 4.65. The molecule has 2 aromatic carbocycles. The Hall–Kier alpha value is -2.29. The Morgan fingerprint density at radius 2 is 1.96 bits per heavy atom. The highest BCUT2D eigenvalue weighted by Crippen LogP contribution is 2.31. The van der Waals surface area contributed by atoms with Gasteiger partial charge in [0.05, 0.1) is 0 Å².